The lowest BCUT2D eigenvalue weighted by atomic mass is 9.23. The van der Waals surface area contributed by atoms with Crippen LogP contribution >= 0.6 is 0 Å². The monoisotopic (exact) mass is 802 g/mol. The van der Waals surface area contributed by atoms with Gasteiger partial charge in [-0.2, -0.15) is 0 Å². The molecule has 0 aromatic heterocycles. The third-order valence-corrected chi connectivity index (χ3v) is 19.6. The van der Waals surface area contributed by atoms with Gasteiger partial charge in [0.05, 0.1) is 11.4 Å². The van der Waals surface area contributed by atoms with E-state index >= 15 is 0 Å². The molecule has 6 N–H and O–H groups in total. The molecule has 60 heavy (non-hydrogen) atoms. The third-order valence-electron chi connectivity index (χ3n) is 19.6. The quantitative estimate of drug-likeness (QED) is 0.104. The van der Waals surface area contributed by atoms with Crippen LogP contribution < -0.4 is 20.9 Å². The molecule has 12 saturated carbocycles. The first kappa shape index (κ1) is 36.3. The first-order valence-electron chi connectivity index (χ1n) is 23.9. The van der Waals surface area contributed by atoms with Crippen LogP contribution in [0.1, 0.15) is 114 Å². The topological polar surface area (TPSA) is 111 Å². The Morgan fingerprint density at radius 3 is 1.38 bits per heavy atom. The van der Waals surface area contributed by atoms with Crippen LogP contribution in [-0.2, 0) is 5.41 Å². The van der Waals surface area contributed by atoms with Gasteiger partial charge in [-0.3, -0.25) is 0 Å². The zero-order chi connectivity index (χ0) is 40.2. The van der Waals surface area contributed by atoms with Crippen LogP contribution in [0.25, 0.3) is 0 Å². The van der Waals surface area contributed by atoms with Crippen LogP contribution in [0.5, 0.6) is 34.5 Å². The summed E-state index contributed by atoms with van der Waals surface area (Å²) in [5.41, 5.74) is 15.9. The Bertz CT molecular complexity index is 2230. The number of phenolic OH excluding ortho intramolecular Hbond substituents is 2. The van der Waals surface area contributed by atoms with Crippen molar-refractivity contribution in [1.82, 2.24) is 0 Å². The van der Waals surface area contributed by atoms with E-state index in [9.17, 15) is 10.2 Å². The number of nitrogen functional groups attached to an aromatic ring is 2. The highest BCUT2D eigenvalue weighted by Gasteiger charge is 2.79. The highest BCUT2D eigenvalue weighted by molar-refractivity contribution is 5.61. The molecule has 0 spiro atoms. The highest BCUT2D eigenvalue weighted by atomic mass is 16.5. The number of hydrogen-bond acceptors (Lipinski definition) is 6. The molecule has 12 fully saturated rings. The normalized spacial score (nSPS) is 40.9. The highest BCUT2D eigenvalue weighted by Crippen LogP contribution is 2.86. The van der Waals surface area contributed by atoms with Gasteiger partial charge >= 0.3 is 0 Å². The molecule has 0 saturated heterocycles. The largest absolute Gasteiger partial charge is 0.506 e. The van der Waals surface area contributed by atoms with Crippen molar-refractivity contribution in [1.29, 1.82) is 0 Å². The number of ether oxygens (including phenoxy) is 2. The second-order valence-electron chi connectivity index (χ2n) is 22.6. The van der Waals surface area contributed by atoms with Crippen LogP contribution in [0.15, 0.2) is 84.9 Å². The zero-order valence-corrected chi connectivity index (χ0v) is 35.0. The number of aromatic hydroxyl groups is 2. The number of hydrogen-bond donors (Lipinski definition) is 4. The van der Waals surface area contributed by atoms with Gasteiger partial charge in [-0.1, -0.05) is 36.4 Å². The molecule has 6 nitrogen and oxygen atoms in total. The van der Waals surface area contributed by atoms with Crippen LogP contribution in [0.2, 0.25) is 0 Å². The standard InChI is InChI=1S/C54H62N2O4/c55-44-11-9-40(22-46(44)57)59-48-7-3-1-5-42(48)54(43-6-2-4-8-49(43)60-41-10-12-45(56)47(58)23-41)39-20-36-17-37(21-39)30-53(54,29-36)52-27-34-16-35(28-52)19-38(18-34)50(52)51-24-31-13-32(25-51)15-33(14-31)26-51/h1-12,22-23,31-39,50,57-58H,13-21,24-30,55-56H2. The zero-order valence-electron chi connectivity index (χ0n) is 35.0. The summed E-state index contributed by atoms with van der Waals surface area (Å²) in [6, 6.07) is 28.7. The number of benzene rings is 4. The Hall–Kier alpha value is -4.32. The van der Waals surface area contributed by atoms with Gasteiger partial charge in [0.1, 0.15) is 34.5 Å². The van der Waals surface area contributed by atoms with E-state index in [4.69, 9.17) is 20.9 Å². The van der Waals surface area contributed by atoms with Gasteiger partial charge < -0.3 is 31.2 Å². The van der Waals surface area contributed by atoms with Gasteiger partial charge in [-0.05, 0) is 215 Å². The van der Waals surface area contributed by atoms with Crippen molar-refractivity contribution >= 4 is 11.4 Å². The molecule has 16 rings (SSSR count). The fourth-order valence-electron chi connectivity index (χ4n) is 19.5. The summed E-state index contributed by atoms with van der Waals surface area (Å²) in [4.78, 5) is 0. The van der Waals surface area contributed by atoms with Crippen molar-refractivity contribution in [2.75, 3.05) is 11.5 Å². The first-order chi connectivity index (χ1) is 29.1. The van der Waals surface area contributed by atoms with E-state index in [1.54, 1.807) is 24.3 Å². The molecule has 0 amide bonds. The minimum atomic E-state index is -0.397. The molecule has 312 valence electrons. The molecule has 0 radical (unpaired) electrons. The molecular weight excluding hydrogens is 741 g/mol. The summed E-state index contributed by atoms with van der Waals surface area (Å²) < 4.78 is 14.2. The average Bonchev–Trinajstić information content (AvgIpc) is 3.20. The molecule has 5 atom stereocenters. The van der Waals surface area contributed by atoms with E-state index in [2.05, 4.69) is 48.5 Å². The van der Waals surface area contributed by atoms with Crippen molar-refractivity contribution in [3.05, 3.63) is 96.1 Å². The summed E-state index contributed by atoms with van der Waals surface area (Å²) in [5.74, 6) is 11.0. The Kier molecular flexibility index (Phi) is 7.65. The van der Waals surface area contributed by atoms with E-state index < -0.39 is 5.41 Å². The van der Waals surface area contributed by atoms with E-state index in [1.807, 2.05) is 12.1 Å². The van der Waals surface area contributed by atoms with E-state index in [0.717, 1.165) is 64.8 Å². The van der Waals surface area contributed by atoms with Gasteiger partial charge in [0.2, 0.25) is 0 Å². The fourth-order valence-corrected chi connectivity index (χ4v) is 19.5. The molecule has 6 heteroatoms. The second-order valence-corrected chi connectivity index (χ2v) is 22.6. The van der Waals surface area contributed by atoms with E-state index in [0.29, 0.717) is 34.2 Å². The Morgan fingerprint density at radius 1 is 0.483 bits per heavy atom. The van der Waals surface area contributed by atoms with Crippen LogP contribution in [0, 0.1) is 75.4 Å². The van der Waals surface area contributed by atoms with Gasteiger partial charge in [0.25, 0.3) is 0 Å². The summed E-state index contributed by atoms with van der Waals surface area (Å²) in [5, 5.41) is 21.7. The maximum Gasteiger partial charge on any atom is 0.142 e. The maximum absolute atomic E-state index is 10.8. The average molecular weight is 803 g/mol. The number of nitrogens with two attached hydrogens (primary N) is 2. The van der Waals surface area contributed by atoms with Crippen LogP contribution in [0.3, 0.4) is 0 Å². The molecular formula is C54H62N2O4. The van der Waals surface area contributed by atoms with Crippen molar-refractivity contribution < 1.29 is 19.7 Å². The van der Waals surface area contributed by atoms with Crippen molar-refractivity contribution in [3.8, 4) is 34.5 Å². The van der Waals surface area contributed by atoms with Gasteiger partial charge in [-0.15, -0.1) is 0 Å². The van der Waals surface area contributed by atoms with Gasteiger partial charge in [0.15, 0.2) is 0 Å². The molecule has 0 heterocycles. The van der Waals surface area contributed by atoms with Gasteiger partial charge in [-0.25, -0.2) is 0 Å². The molecule has 0 aliphatic heterocycles. The first-order valence-corrected chi connectivity index (χ1v) is 23.9. The smallest absolute Gasteiger partial charge is 0.142 e. The summed E-state index contributed by atoms with van der Waals surface area (Å²) >= 11 is 0. The number of phenols is 2. The molecule has 12 aliphatic rings. The SMILES string of the molecule is Nc1ccc(Oc2ccccc2C2(c3ccccc3Oc3ccc(N)c(O)c3)C3CC4CC(C3)CC2(C23CC5CC(CC(C5)C2C25CC6CC(CC(C6)C2)C5)C3)C4)cc1O. The Labute approximate surface area is 355 Å². The molecule has 4 aromatic carbocycles. The summed E-state index contributed by atoms with van der Waals surface area (Å²) in [7, 11) is 0. The van der Waals surface area contributed by atoms with Crippen LogP contribution in [0.4, 0.5) is 11.4 Å². The van der Waals surface area contributed by atoms with E-state index in [-0.39, 0.29) is 22.3 Å². The van der Waals surface area contributed by atoms with Crippen molar-refractivity contribution in [3.63, 3.8) is 0 Å². The fraction of sp³-hybridized carbons (Fsp3) is 0.556. The number of para-hydroxylation sites is 2. The summed E-state index contributed by atoms with van der Waals surface area (Å²) in [6.07, 6.45) is 22.5. The van der Waals surface area contributed by atoms with Crippen molar-refractivity contribution in [2.45, 2.75) is 108 Å². The Balaban J connectivity index is 1.09. The molecule has 5 unspecified atom stereocenters. The van der Waals surface area contributed by atoms with Crippen LogP contribution in [-0.4, -0.2) is 10.2 Å². The molecule has 12 aliphatic carbocycles. The van der Waals surface area contributed by atoms with Crippen molar-refractivity contribution in [2.24, 2.45) is 75.4 Å². The Morgan fingerprint density at radius 2 is 0.917 bits per heavy atom. The minimum Gasteiger partial charge on any atom is -0.506 e. The predicted molar refractivity (Wildman–Crippen MR) is 235 cm³/mol. The second kappa shape index (κ2) is 12.6. The number of rotatable bonds is 8. The number of anilines is 2. The van der Waals surface area contributed by atoms with Gasteiger partial charge in [0, 0.05) is 28.7 Å². The lowest BCUT2D eigenvalue weighted by Crippen LogP contribution is -2.75. The minimum absolute atomic E-state index is 0.00416. The third kappa shape index (κ3) is 4.88. The molecule has 12 bridgehead atoms. The summed E-state index contributed by atoms with van der Waals surface area (Å²) in [6.45, 7) is 0. The lowest BCUT2D eigenvalue weighted by molar-refractivity contribution is -0.296. The molecule has 4 aromatic rings. The maximum atomic E-state index is 10.8. The predicted octanol–water partition coefficient (Wildman–Crippen LogP) is 12.6. The lowest BCUT2D eigenvalue weighted by Gasteiger charge is -2.81. The van der Waals surface area contributed by atoms with E-state index in [1.165, 1.54) is 114 Å².